The van der Waals surface area contributed by atoms with Gasteiger partial charge in [-0.3, -0.25) is 9.69 Å². The summed E-state index contributed by atoms with van der Waals surface area (Å²) in [4.78, 5) is 13.3. The first-order valence-electron chi connectivity index (χ1n) is 9.63. The first-order valence-corrected chi connectivity index (χ1v) is 9.63. The van der Waals surface area contributed by atoms with Crippen LogP contribution in [0.2, 0.25) is 0 Å². The van der Waals surface area contributed by atoms with E-state index >= 15 is 0 Å². The molecule has 2 aromatic carbocycles. The minimum atomic E-state index is -0.724. The van der Waals surface area contributed by atoms with Gasteiger partial charge in [0.15, 0.2) is 0 Å². The Hall–Kier alpha value is -2.66. The maximum absolute atomic E-state index is 13.8. The highest BCUT2D eigenvalue weighted by Crippen LogP contribution is 2.26. The van der Waals surface area contributed by atoms with Gasteiger partial charge < -0.3 is 9.84 Å². The Labute approximate surface area is 165 Å². The van der Waals surface area contributed by atoms with Gasteiger partial charge in [0.25, 0.3) is 0 Å². The molecular formula is C23H26FNO3. The predicted molar refractivity (Wildman–Crippen MR) is 107 cm³/mol. The Morgan fingerprint density at radius 1 is 1.29 bits per heavy atom. The molecule has 1 N–H and O–H groups in total. The van der Waals surface area contributed by atoms with E-state index in [1.165, 1.54) is 12.1 Å². The normalized spacial score (nSPS) is 18.1. The van der Waals surface area contributed by atoms with Gasteiger partial charge >= 0.3 is 5.97 Å². The number of benzene rings is 2. The molecule has 0 aliphatic carbocycles. The number of ether oxygens (including phenoxy) is 1. The van der Waals surface area contributed by atoms with Crippen molar-refractivity contribution >= 4 is 11.5 Å². The van der Waals surface area contributed by atoms with Crippen LogP contribution in [0.5, 0.6) is 0 Å². The van der Waals surface area contributed by atoms with E-state index in [9.17, 15) is 14.3 Å². The van der Waals surface area contributed by atoms with Gasteiger partial charge in [-0.05, 0) is 55.1 Å². The highest BCUT2D eigenvalue weighted by molar-refractivity contribution is 5.80. The van der Waals surface area contributed by atoms with Crippen LogP contribution in [-0.4, -0.2) is 42.2 Å². The van der Waals surface area contributed by atoms with E-state index in [-0.39, 0.29) is 11.7 Å². The lowest BCUT2D eigenvalue weighted by atomic mass is 9.95. The maximum Gasteiger partial charge on any atom is 0.307 e. The fourth-order valence-electron chi connectivity index (χ4n) is 3.60. The van der Waals surface area contributed by atoms with Crippen LogP contribution in [0, 0.1) is 18.7 Å². The zero-order valence-electron chi connectivity index (χ0n) is 16.1. The van der Waals surface area contributed by atoms with Crippen molar-refractivity contribution < 1.29 is 19.0 Å². The number of carbonyl (C=O) groups is 1. The molecule has 2 aromatic rings. The zero-order chi connectivity index (χ0) is 19.9. The number of nitrogens with zero attached hydrogens (tertiary/aromatic N) is 1. The van der Waals surface area contributed by atoms with E-state index in [0.717, 1.165) is 41.6 Å². The first kappa shape index (κ1) is 20.1. The molecule has 3 rings (SSSR count). The molecule has 1 unspecified atom stereocenters. The highest BCUT2D eigenvalue weighted by Gasteiger charge is 2.24. The van der Waals surface area contributed by atoms with Gasteiger partial charge in [-0.15, -0.1) is 0 Å². The number of piperidine rings is 1. The van der Waals surface area contributed by atoms with Crippen molar-refractivity contribution in [1.29, 1.82) is 0 Å². The van der Waals surface area contributed by atoms with Crippen molar-refractivity contribution in [3.63, 3.8) is 0 Å². The molecule has 4 nitrogen and oxygen atoms in total. The van der Waals surface area contributed by atoms with E-state index in [2.05, 4.69) is 4.90 Å². The number of halogens is 1. The summed E-state index contributed by atoms with van der Waals surface area (Å²) in [5.41, 5.74) is 3.68. The molecule has 1 aliphatic rings. The van der Waals surface area contributed by atoms with E-state index in [1.54, 1.807) is 12.3 Å². The van der Waals surface area contributed by atoms with Crippen LogP contribution in [0.1, 0.15) is 29.5 Å². The molecule has 0 spiro atoms. The largest absolute Gasteiger partial charge is 0.499 e. The fraction of sp³-hybridized carbons (Fsp3) is 0.348. The van der Waals surface area contributed by atoms with E-state index < -0.39 is 5.97 Å². The summed E-state index contributed by atoms with van der Waals surface area (Å²) in [6.45, 7) is 4.60. The molecule has 0 bridgehead atoms. The number of aliphatic carboxylic acids is 1. The van der Waals surface area contributed by atoms with Gasteiger partial charge in [0.05, 0.1) is 12.2 Å². The third kappa shape index (κ3) is 5.20. The van der Waals surface area contributed by atoms with Crippen LogP contribution >= 0.6 is 0 Å². The molecule has 148 valence electrons. The van der Waals surface area contributed by atoms with Crippen molar-refractivity contribution in [3.8, 4) is 0 Å². The fourth-order valence-corrected chi connectivity index (χ4v) is 3.60. The number of carboxylic acids is 1. The van der Waals surface area contributed by atoms with E-state index in [4.69, 9.17) is 4.74 Å². The summed E-state index contributed by atoms with van der Waals surface area (Å²) in [7, 11) is 0. The second-order valence-corrected chi connectivity index (χ2v) is 7.21. The average Bonchev–Trinajstić information content (AvgIpc) is 2.69. The lowest BCUT2D eigenvalue weighted by molar-refractivity contribution is -0.143. The number of hydrogen-bond donors (Lipinski definition) is 1. The number of rotatable bonds is 7. The summed E-state index contributed by atoms with van der Waals surface area (Å²) in [6.07, 6.45) is 3.32. The van der Waals surface area contributed by atoms with Crippen LogP contribution in [0.4, 0.5) is 4.39 Å². The minimum absolute atomic E-state index is 0.287. The second-order valence-electron chi connectivity index (χ2n) is 7.21. The van der Waals surface area contributed by atoms with E-state index in [1.807, 2.05) is 37.3 Å². The van der Waals surface area contributed by atoms with E-state index in [0.29, 0.717) is 19.7 Å². The standard InChI is InChI=1S/C23H26FNO3/c1-17-6-2-3-10-21(17)22(18-7-4-9-20(24)14-18)16-28-13-12-25-11-5-8-19(15-25)23(26)27/h2-4,6-7,9-10,14,16,19H,5,8,11-13,15H2,1H3,(H,26,27). The monoisotopic (exact) mass is 383 g/mol. The maximum atomic E-state index is 13.8. The third-order valence-corrected chi connectivity index (χ3v) is 5.15. The summed E-state index contributed by atoms with van der Waals surface area (Å²) >= 11 is 0. The predicted octanol–water partition coefficient (Wildman–Crippen LogP) is 4.34. The molecule has 1 heterocycles. The number of carboxylic acid groups (broad SMARTS) is 1. The molecule has 28 heavy (non-hydrogen) atoms. The number of likely N-dealkylation sites (tertiary alicyclic amines) is 1. The highest BCUT2D eigenvalue weighted by atomic mass is 19.1. The van der Waals surface area contributed by atoms with Crippen molar-refractivity contribution in [2.75, 3.05) is 26.2 Å². The van der Waals surface area contributed by atoms with Crippen LogP contribution in [0.15, 0.2) is 54.8 Å². The lowest BCUT2D eigenvalue weighted by Gasteiger charge is -2.30. The summed E-state index contributed by atoms with van der Waals surface area (Å²) in [5.74, 6) is -1.30. The van der Waals surface area contributed by atoms with Gasteiger partial charge in [0.1, 0.15) is 12.4 Å². The molecule has 1 saturated heterocycles. The molecule has 1 aliphatic heterocycles. The Morgan fingerprint density at radius 2 is 2.11 bits per heavy atom. The van der Waals surface area contributed by atoms with Crippen molar-refractivity contribution in [2.24, 2.45) is 5.92 Å². The van der Waals surface area contributed by atoms with Crippen LogP contribution in [0.25, 0.3) is 5.57 Å². The van der Waals surface area contributed by atoms with Crippen molar-refractivity contribution in [2.45, 2.75) is 19.8 Å². The van der Waals surface area contributed by atoms with Gasteiger partial charge in [-0.25, -0.2) is 4.39 Å². The summed E-state index contributed by atoms with van der Waals surface area (Å²) in [6, 6.07) is 14.4. The van der Waals surface area contributed by atoms with Gasteiger partial charge in [0, 0.05) is 18.7 Å². The summed E-state index contributed by atoms with van der Waals surface area (Å²) < 4.78 is 19.6. The molecule has 0 saturated carbocycles. The zero-order valence-corrected chi connectivity index (χ0v) is 16.1. The Kier molecular flexibility index (Phi) is 6.82. The molecule has 0 radical (unpaired) electrons. The topological polar surface area (TPSA) is 49.8 Å². The Morgan fingerprint density at radius 3 is 2.86 bits per heavy atom. The lowest BCUT2D eigenvalue weighted by Crippen LogP contribution is -2.40. The van der Waals surface area contributed by atoms with Crippen LogP contribution in [0.3, 0.4) is 0 Å². The average molecular weight is 383 g/mol. The summed E-state index contributed by atoms with van der Waals surface area (Å²) in [5, 5.41) is 9.20. The SMILES string of the molecule is Cc1ccccc1C(=COCCN1CCCC(C(=O)O)C1)c1cccc(F)c1. The molecule has 5 heteroatoms. The Balaban J connectivity index is 1.70. The minimum Gasteiger partial charge on any atom is -0.499 e. The second kappa shape index (κ2) is 9.51. The van der Waals surface area contributed by atoms with Gasteiger partial charge in [-0.1, -0.05) is 36.4 Å². The van der Waals surface area contributed by atoms with Gasteiger partial charge in [-0.2, -0.15) is 0 Å². The van der Waals surface area contributed by atoms with Crippen molar-refractivity contribution in [1.82, 2.24) is 4.90 Å². The van der Waals surface area contributed by atoms with Gasteiger partial charge in [0.2, 0.25) is 0 Å². The molecule has 0 aromatic heterocycles. The molecule has 0 amide bonds. The third-order valence-electron chi connectivity index (χ3n) is 5.15. The van der Waals surface area contributed by atoms with Crippen LogP contribution < -0.4 is 0 Å². The smallest absolute Gasteiger partial charge is 0.307 e. The van der Waals surface area contributed by atoms with Crippen molar-refractivity contribution in [3.05, 3.63) is 77.3 Å². The Bertz CT molecular complexity index is 849. The first-order chi connectivity index (χ1) is 13.5. The molecular weight excluding hydrogens is 357 g/mol. The number of hydrogen-bond acceptors (Lipinski definition) is 3. The van der Waals surface area contributed by atoms with Crippen LogP contribution in [-0.2, 0) is 9.53 Å². The molecule has 1 atom stereocenters. The molecule has 1 fully saturated rings. The quantitative estimate of drug-likeness (QED) is 0.571. The number of aryl methyl sites for hydroxylation is 1.